The van der Waals surface area contributed by atoms with Gasteiger partial charge >= 0.3 is 5.97 Å². The molecule has 1 aliphatic carbocycles. The molecule has 0 spiro atoms. The maximum Gasteiger partial charge on any atom is 0.326 e. The summed E-state index contributed by atoms with van der Waals surface area (Å²) in [5.41, 5.74) is 2.18. The van der Waals surface area contributed by atoms with Crippen LogP contribution in [0.15, 0.2) is 24.5 Å². The number of aromatic nitrogens is 3. The lowest BCUT2D eigenvalue weighted by atomic mass is 10.1. The highest BCUT2D eigenvalue weighted by Gasteiger charge is 2.34. The molecule has 0 unspecified atom stereocenters. The predicted octanol–water partition coefficient (Wildman–Crippen LogP) is 3.30. The summed E-state index contributed by atoms with van der Waals surface area (Å²) in [5.74, 6) is 0.638. The van der Waals surface area contributed by atoms with Gasteiger partial charge < -0.3 is 10.0 Å². The van der Waals surface area contributed by atoms with Crippen molar-refractivity contribution in [2.24, 2.45) is 0 Å². The van der Waals surface area contributed by atoms with Gasteiger partial charge in [0.05, 0.1) is 5.39 Å². The van der Waals surface area contributed by atoms with E-state index < -0.39 is 12.0 Å². The van der Waals surface area contributed by atoms with Crippen LogP contribution in [0.25, 0.3) is 21.6 Å². The fourth-order valence-electron chi connectivity index (χ4n) is 4.09. The van der Waals surface area contributed by atoms with Crippen molar-refractivity contribution in [1.29, 1.82) is 0 Å². The monoisotopic (exact) mass is 366 g/mol. The van der Waals surface area contributed by atoms with E-state index in [4.69, 9.17) is 9.97 Å². The van der Waals surface area contributed by atoms with Gasteiger partial charge in [0.2, 0.25) is 0 Å². The number of carboxylic acids is 1. The van der Waals surface area contributed by atoms with Crippen molar-refractivity contribution in [2.75, 3.05) is 11.4 Å². The van der Waals surface area contributed by atoms with Gasteiger partial charge in [-0.1, -0.05) is 0 Å². The lowest BCUT2D eigenvalue weighted by Crippen LogP contribution is -2.36. The lowest BCUT2D eigenvalue weighted by molar-refractivity contribution is -0.138. The Morgan fingerprint density at radius 1 is 1.27 bits per heavy atom. The Bertz CT molecular complexity index is 1000. The number of nitrogens with zero attached hydrogens (tertiary/aromatic N) is 4. The highest BCUT2D eigenvalue weighted by Crippen LogP contribution is 2.42. The van der Waals surface area contributed by atoms with E-state index in [0.717, 1.165) is 53.8 Å². The number of anilines is 1. The number of carboxylic acid groups (broad SMARTS) is 1. The molecule has 0 amide bonds. The van der Waals surface area contributed by atoms with E-state index in [9.17, 15) is 9.90 Å². The number of aryl methyl sites for hydroxylation is 2. The summed E-state index contributed by atoms with van der Waals surface area (Å²) in [7, 11) is 0. The minimum atomic E-state index is -0.774. The minimum absolute atomic E-state index is 0.508. The fourth-order valence-corrected chi connectivity index (χ4v) is 5.34. The third-order valence-corrected chi connectivity index (χ3v) is 6.46. The minimum Gasteiger partial charge on any atom is -0.480 e. The van der Waals surface area contributed by atoms with Gasteiger partial charge in [-0.15, -0.1) is 11.3 Å². The van der Waals surface area contributed by atoms with Crippen LogP contribution in [-0.4, -0.2) is 38.6 Å². The van der Waals surface area contributed by atoms with Crippen LogP contribution in [0.2, 0.25) is 0 Å². The molecular formula is C19H18N4O2S. The van der Waals surface area contributed by atoms with Gasteiger partial charge in [-0.3, -0.25) is 4.98 Å². The normalized spacial score (nSPS) is 19.2. The van der Waals surface area contributed by atoms with Gasteiger partial charge in [0.15, 0.2) is 5.82 Å². The molecule has 1 saturated heterocycles. The molecule has 1 aliphatic heterocycles. The second-order valence-electron chi connectivity index (χ2n) is 6.84. The summed E-state index contributed by atoms with van der Waals surface area (Å²) < 4.78 is 0. The van der Waals surface area contributed by atoms with E-state index >= 15 is 0 Å². The molecule has 4 heterocycles. The largest absolute Gasteiger partial charge is 0.480 e. The van der Waals surface area contributed by atoms with Crippen LogP contribution in [0, 0.1) is 0 Å². The van der Waals surface area contributed by atoms with Gasteiger partial charge in [-0.05, 0) is 49.8 Å². The Morgan fingerprint density at radius 3 is 3.00 bits per heavy atom. The first-order chi connectivity index (χ1) is 12.7. The smallest absolute Gasteiger partial charge is 0.326 e. The Kier molecular flexibility index (Phi) is 3.63. The Labute approximate surface area is 154 Å². The SMILES string of the molecule is O=C(O)[C@@H]1CCCN1c1nc(-c2cccnc2)nc2sc3c(c12)CCC3. The molecule has 3 aromatic heterocycles. The molecule has 1 fully saturated rings. The first-order valence-electron chi connectivity index (χ1n) is 8.94. The molecule has 1 atom stereocenters. The number of rotatable bonds is 3. The van der Waals surface area contributed by atoms with Crippen LogP contribution in [0.4, 0.5) is 5.82 Å². The van der Waals surface area contributed by atoms with Crippen LogP contribution in [0.3, 0.4) is 0 Å². The van der Waals surface area contributed by atoms with Crippen LogP contribution >= 0.6 is 11.3 Å². The molecule has 132 valence electrons. The Hall–Kier alpha value is -2.54. The zero-order valence-corrected chi connectivity index (χ0v) is 15.0. The van der Waals surface area contributed by atoms with Gasteiger partial charge in [0.25, 0.3) is 0 Å². The molecule has 1 N–H and O–H groups in total. The maximum atomic E-state index is 11.8. The second kappa shape index (κ2) is 6.02. The Balaban J connectivity index is 1.75. The van der Waals surface area contributed by atoms with Crippen molar-refractivity contribution in [3.63, 3.8) is 0 Å². The van der Waals surface area contributed by atoms with E-state index in [1.54, 1.807) is 23.7 Å². The van der Waals surface area contributed by atoms with Crippen LogP contribution in [0.5, 0.6) is 0 Å². The molecule has 0 aromatic carbocycles. The van der Waals surface area contributed by atoms with Gasteiger partial charge in [-0.25, -0.2) is 14.8 Å². The van der Waals surface area contributed by atoms with Crippen molar-refractivity contribution in [2.45, 2.75) is 38.1 Å². The number of hydrogen-bond donors (Lipinski definition) is 1. The second-order valence-corrected chi connectivity index (χ2v) is 7.92. The summed E-state index contributed by atoms with van der Waals surface area (Å²) in [6.07, 6.45) is 8.29. The summed E-state index contributed by atoms with van der Waals surface area (Å²) >= 11 is 1.73. The van der Waals surface area contributed by atoms with E-state index in [0.29, 0.717) is 12.2 Å². The van der Waals surface area contributed by atoms with Crippen molar-refractivity contribution < 1.29 is 9.90 Å². The highest BCUT2D eigenvalue weighted by molar-refractivity contribution is 7.19. The maximum absolute atomic E-state index is 11.8. The molecule has 7 heteroatoms. The van der Waals surface area contributed by atoms with Crippen LogP contribution in [-0.2, 0) is 17.6 Å². The molecule has 0 bridgehead atoms. The topological polar surface area (TPSA) is 79.2 Å². The molecule has 6 nitrogen and oxygen atoms in total. The standard InChI is InChI=1S/C19H18N4O2S/c24-19(25)13-6-3-9-23(13)17-15-12-5-1-7-14(12)26-18(15)22-16(21-17)11-4-2-8-20-10-11/h2,4,8,10,13H,1,3,5-7,9H2,(H,24,25)/t13-/m0/s1. The zero-order chi connectivity index (χ0) is 17.7. The summed E-state index contributed by atoms with van der Waals surface area (Å²) in [4.78, 5) is 29.9. The molecule has 0 saturated carbocycles. The predicted molar refractivity (Wildman–Crippen MR) is 101 cm³/mol. The quantitative estimate of drug-likeness (QED) is 0.766. The first kappa shape index (κ1) is 15.7. The third-order valence-electron chi connectivity index (χ3n) is 5.28. The number of pyridine rings is 1. The summed E-state index contributed by atoms with van der Waals surface area (Å²) in [5, 5.41) is 10.7. The van der Waals surface area contributed by atoms with E-state index in [1.165, 1.54) is 10.4 Å². The van der Waals surface area contributed by atoms with Gasteiger partial charge in [0.1, 0.15) is 16.7 Å². The van der Waals surface area contributed by atoms with Gasteiger partial charge in [0, 0.05) is 29.4 Å². The first-order valence-corrected chi connectivity index (χ1v) is 9.76. The average Bonchev–Trinajstić information content (AvgIpc) is 3.36. The van der Waals surface area contributed by atoms with E-state index in [-0.39, 0.29) is 0 Å². The average molecular weight is 366 g/mol. The highest BCUT2D eigenvalue weighted by atomic mass is 32.1. The van der Waals surface area contributed by atoms with Gasteiger partial charge in [-0.2, -0.15) is 0 Å². The third kappa shape index (κ3) is 2.38. The van der Waals surface area contributed by atoms with Crippen molar-refractivity contribution in [3.05, 3.63) is 35.0 Å². The van der Waals surface area contributed by atoms with Crippen molar-refractivity contribution in [3.8, 4) is 11.4 Å². The van der Waals surface area contributed by atoms with E-state index in [1.807, 2.05) is 17.0 Å². The van der Waals surface area contributed by atoms with Crippen LogP contribution < -0.4 is 4.90 Å². The zero-order valence-electron chi connectivity index (χ0n) is 14.2. The molecular weight excluding hydrogens is 348 g/mol. The molecule has 3 aromatic rings. The van der Waals surface area contributed by atoms with Crippen molar-refractivity contribution >= 4 is 33.3 Å². The summed E-state index contributed by atoms with van der Waals surface area (Å²) in [6, 6.07) is 3.30. The van der Waals surface area contributed by atoms with Crippen molar-refractivity contribution in [1.82, 2.24) is 15.0 Å². The lowest BCUT2D eigenvalue weighted by Gasteiger charge is -2.24. The molecule has 5 rings (SSSR count). The number of hydrogen-bond acceptors (Lipinski definition) is 6. The number of fused-ring (bicyclic) bond motifs is 3. The summed E-state index contributed by atoms with van der Waals surface area (Å²) in [6.45, 7) is 0.722. The number of aliphatic carboxylic acids is 1. The van der Waals surface area contributed by atoms with E-state index in [2.05, 4.69) is 4.98 Å². The molecule has 2 aliphatic rings. The van der Waals surface area contributed by atoms with Crippen LogP contribution in [0.1, 0.15) is 29.7 Å². The number of thiophene rings is 1. The molecule has 26 heavy (non-hydrogen) atoms. The fraction of sp³-hybridized carbons (Fsp3) is 0.368. The molecule has 0 radical (unpaired) electrons. The Morgan fingerprint density at radius 2 is 2.19 bits per heavy atom. The number of carbonyl (C=O) groups is 1.